The van der Waals surface area contributed by atoms with Gasteiger partial charge in [0.25, 0.3) is 0 Å². The Morgan fingerprint density at radius 2 is 2.08 bits per heavy atom. The molecule has 1 aromatic carbocycles. The number of piperidine rings is 1. The van der Waals surface area contributed by atoms with Crippen molar-refractivity contribution >= 4 is 10.9 Å². The molecule has 3 aliphatic rings. The van der Waals surface area contributed by atoms with E-state index in [9.17, 15) is 0 Å². The average molecular weight is 324 g/mol. The maximum absolute atomic E-state index is 6.31. The minimum atomic E-state index is 0.206. The third-order valence-electron chi connectivity index (χ3n) is 6.96. The summed E-state index contributed by atoms with van der Waals surface area (Å²) in [6.45, 7) is 7.83. The van der Waals surface area contributed by atoms with Gasteiger partial charge in [-0.2, -0.15) is 0 Å². The molecule has 24 heavy (non-hydrogen) atoms. The summed E-state index contributed by atoms with van der Waals surface area (Å²) in [6.07, 6.45) is 6.53. The van der Waals surface area contributed by atoms with Gasteiger partial charge in [-0.05, 0) is 56.2 Å². The quantitative estimate of drug-likeness (QED) is 0.816. The average Bonchev–Trinajstić information content (AvgIpc) is 2.96. The molecule has 0 spiro atoms. The second-order valence-corrected chi connectivity index (χ2v) is 7.87. The highest BCUT2D eigenvalue weighted by molar-refractivity contribution is 5.86. The minimum Gasteiger partial charge on any atom is -0.358 e. The maximum Gasteiger partial charge on any atom is 0.134 e. The topological polar surface area (TPSA) is 17.4 Å². The van der Waals surface area contributed by atoms with E-state index < -0.39 is 0 Å². The lowest BCUT2D eigenvalue weighted by atomic mass is 9.64. The standard InChI is InChI=1S/C21H28N2O/c1-3-21-11-7-12-22-13-10-16-15-8-5-6-9-17(15)23(19(16)20(21)22)18(14-21)24-4-2/h5-6,8-9,18,20H,3-4,7,10-14H2,1-2H3. The number of hydrogen-bond acceptors (Lipinski definition) is 2. The van der Waals surface area contributed by atoms with Crippen molar-refractivity contribution in [2.24, 2.45) is 5.41 Å². The first-order chi connectivity index (χ1) is 11.8. The molecule has 0 bridgehead atoms. The highest BCUT2D eigenvalue weighted by Crippen LogP contribution is 2.59. The fourth-order valence-corrected chi connectivity index (χ4v) is 5.96. The van der Waals surface area contributed by atoms with E-state index in [2.05, 4.69) is 47.6 Å². The summed E-state index contributed by atoms with van der Waals surface area (Å²) in [4.78, 5) is 2.78. The lowest BCUT2D eigenvalue weighted by Gasteiger charge is -2.56. The van der Waals surface area contributed by atoms with Gasteiger partial charge in [-0.1, -0.05) is 25.1 Å². The van der Waals surface area contributed by atoms with Crippen LogP contribution < -0.4 is 0 Å². The van der Waals surface area contributed by atoms with Crippen LogP contribution in [0.5, 0.6) is 0 Å². The predicted octanol–water partition coefficient (Wildman–Crippen LogP) is 4.67. The van der Waals surface area contributed by atoms with Crippen LogP contribution >= 0.6 is 0 Å². The molecular weight excluding hydrogens is 296 g/mol. The van der Waals surface area contributed by atoms with Gasteiger partial charge in [0.1, 0.15) is 6.23 Å². The normalized spacial score (nSPS) is 32.1. The van der Waals surface area contributed by atoms with Gasteiger partial charge >= 0.3 is 0 Å². The van der Waals surface area contributed by atoms with Crippen LogP contribution in [0.1, 0.15) is 63.1 Å². The molecule has 1 aromatic heterocycles. The molecule has 0 radical (unpaired) electrons. The number of rotatable bonds is 3. The van der Waals surface area contributed by atoms with Crippen LogP contribution in [0.2, 0.25) is 0 Å². The first-order valence-electron chi connectivity index (χ1n) is 9.76. The summed E-state index contributed by atoms with van der Waals surface area (Å²) in [7, 11) is 0. The number of ether oxygens (including phenoxy) is 1. The molecular formula is C21H28N2O. The van der Waals surface area contributed by atoms with Gasteiger partial charge in [0, 0.05) is 30.7 Å². The summed E-state index contributed by atoms with van der Waals surface area (Å²) < 4.78 is 8.88. The number of para-hydroxylation sites is 1. The van der Waals surface area contributed by atoms with Crippen molar-refractivity contribution in [2.75, 3.05) is 19.7 Å². The van der Waals surface area contributed by atoms with Crippen LogP contribution in [-0.2, 0) is 11.2 Å². The molecule has 3 aliphatic heterocycles. The van der Waals surface area contributed by atoms with Crippen LogP contribution in [0.3, 0.4) is 0 Å². The Hall–Kier alpha value is -1.32. The molecule has 1 saturated heterocycles. The van der Waals surface area contributed by atoms with E-state index in [1.54, 1.807) is 11.3 Å². The molecule has 5 rings (SSSR count). The van der Waals surface area contributed by atoms with Gasteiger partial charge in [0.15, 0.2) is 0 Å². The Labute approximate surface area is 144 Å². The molecule has 3 nitrogen and oxygen atoms in total. The smallest absolute Gasteiger partial charge is 0.134 e. The number of hydrogen-bond donors (Lipinski definition) is 0. The predicted molar refractivity (Wildman–Crippen MR) is 97.2 cm³/mol. The van der Waals surface area contributed by atoms with Crippen LogP contribution in [0, 0.1) is 5.41 Å². The van der Waals surface area contributed by atoms with Crippen LogP contribution in [0.15, 0.2) is 24.3 Å². The number of aromatic nitrogens is 1. The van der Waals surface area contributed by atoms with E-state index in [-0.39, 0.29) is 6.23 Å². The van der Waals surface area contributed by atoms with E-state index in [0.717, 1.165) is 6.61 Å². The first-order valence-corrected chi connectivity index (χ1v) is 9.76. The highest BCUT2D eigenvalue weighted by atomic mass is 16.5. The number of nitrogens with zero attached hydrogens (tertiary/aromatic N) is 2. The SMILES string of the molecule is CCOC1CC2(CC)CCCN3CCc4c(n1c1ccccc41)C32. The fourth-order valence-electron chi connectivity index (χ4n) is 5.96. The third-order valence-corrected chi connectivity index (χ3v) is 6.96. The summed E-state index contributed by atoms with van der Waals surface area (Å²) in [5.74, 6) is 0. The largest absolute Gasteiger partial charge is 0.358 e. The molecule has 0 N–H and O–H groups in total. The number of fused-ring (bicyclic) bond motifs is 3. The maximum atomic E-state index is 6.31. The molecule has 3 heteroatoms. The van der Waals surface area contributed by atoms with Gasteiger partial charge in [-0.3, -0.25) is 4.90 Å². The Bertz CT molecular complexity index is 779. The minimum absolute atomic E-state index is 0.206. The summed E-state index contributed by atoms with van der Waals surface area (Å²) in [5, 5.41) is 1.47. The Morgan fingerprint density at radius 3 is 2.92 bits per heavy atom. The molecule has 128 valence electrons. The first kappa shape index (κ1) is 15.0. The zero-order chi connectivity index (χ0) is 16.3. The second-order valence-electron chi connectivity index (χ2n) is 7.87. The fraction of sp³-hybridized carbons (Fsp3) is 0.619. The lowest BCUT2D eigenvalue weighted by molar-refractivity contribution is -0.103. The lowest BCUT2D eigenvalue weighted by Crippen LogP contribution is -2.53. The van der Waals surface area contributed by atoms with Crippen molar-refractivity contribution < 1.29 is 4.74 Å². The van der Waals surface area contributed by atoms with Crippen molar-refractivity contribution in [1.29, 1.82) is 0 Å². The Balaban J connectivity index is 1.82. The van der Waals surface area contributed by atoms with Crippen molar-refractivity contribution in [1.82, 2.24) is 9.47 Å². The van der Waals surface area contributed by atoms with E-state index in [1.807, 2.05) is 0 Å². The van der Waals surface area contributed by atoms with Crippen LogP contribution in [-0.4, -0.2) is 29.2 Å². The summed E-state index contributed by atoms with van der Waals surface area (Å²) >= 11 is 0. The van der Waals surface area contributed by atoms with Crippen molar-refractivity contribution in [3.63, 3.8) is 0 Å². The van der Waals surface area contributed by atoms with Gasteiger partial charge in [-0.15, -0.1) is 0 Å². The number of benzene rings is 1. The molecule has 3 unspecified atom stereocenters. The zero-order valence-electron chi connectivity index (χ0n) is 14.9. The highest BCUT2D eigenvalue weighted by Gasteiger charge is 2.53. The van der Waals surface area contributed by atoms with Crippen molar-refractivity contribution in [2.45, 2.75) is 58.2 Å². The third kappa shape index (κ3) is 1.80. The molecule has 0 amide bonds. The molecule has 0 aliphatic carbocycles. The molecule has 1 fully saturated rings. The monoisotopic (exact) mass is 324 g/mol. The molecule has 0 saturated carbocycles. The van der Waals surface area contributed by atoms with Crippen LogP contribution in [0.4, 0.5) is 0 Å². The Morgan fingerprint density at radius 1 is 1.21 bits per heavy atom. The molecule has 3 atom stereocenters. The summed E-state index contributed by atoms with van der Waals surface area (Å²) in [6, 6.07) is 9.60. The van der Waals surface area contributed by atoms with Gasteiger partial charge in [-0.25, -0.2) is 0 Å². The van der Waals surface area contributed by atoms with Gasteiger partial charge in [0.2, 0.25) is 0 Å². The van der Waals surface area contributed by atoms with E-state index in [0.29, 0.717) is 11.5 Å². The van der Waals surface area contributed by atoms with E-state index in [4.69, 9.17) is 4.74 Å². The van der Waals surface area contributed by atoms with E-state index in [1.165, 1.54) is 56.1 Å². The van der Waals surface area contributed by atoms with Crippen LogP contribution in [0.25, 0.3) is 10.9 Å². The van der Waals surface area contributed by atoms with Crippen molar-refractivity contribution in [3.05, 3.63) is 35.5 Å². The molecule has 2 aromatic rings. The summed E-state index contributed by atoms with van der Waals surface area (Å²) in [5.41, 5.74) is 4.99. The van der Waals surface area contributed by atoms with Gasteiger partial charge in [0.05, 0.1) is 11.6 Å². The van der Waals surface area contributed by atoms with Gasteiger partial charge < -0.3 is 9.30 Å². The second kappa shape index (κ2) is 5.34. The Kier molecular flexibility index (Phi) is 3.33. The van der Waals surface area contributed by atoms with E-state index >= 15 is 0 Å². The molecule has 4 heterocycles. The zero-order valence-corrected chi connectivity index (χ0v) is 14.9. The van der Waals surface area contributed by atoms with Crippen molar-refractivity contribution in [3.8, 4) is 0 Å².